The monoisotopic (exact) mass is 392 g/mol. The number of rotatable bonds is 5. The van der Waals surface area contributed by atoms with Crippen molar-refractivity contribution in [3.63, 3.8) is 0 Å². The summed E-state index contributed by atoms with van der Waals surface area (Å²) < 4.78 is 0. The van der Waals surface area contributed by atoms with Gasteiger partial charge in [-0.3, -0.25) is 9.69 Å². The van der Waals surface area contributed by atoms with Crippen molar-refractivity contribution in [2.75, 3.05) is 6.54 Å². The summed E-state index contributed by atoms with van der Waals surface area (Å²) in [4.78, 5) is 24.9. The van der Waals surface area contributed by atoms with Gasteiger partial charge in [0, 0.05) is 29.4 Å². The average molecular weight is 393 g/mol. The van der Waals surface area contributed by atoms with Gasteiger partial charge in [0.2, 0.25) is 0 Å². The molecule has 1 aliphatic carbocycles. The van der Waals surface area contributed by atoms with Crippen molar-refractivity contribution >= 4 is 17.2 Å². The molecule has 2 N–H and O–H groups in total. The van der Waals surface area contributed by atoms with E-state index in [0.29, 0.717) is 6.04 Å². The number of carbonyl (C=O) groups is 1. The fraction of sp³-hybridized carbons (Fsp3) is 0.364. The number of aromatic nitrogens is 2. The molecular weight excluding hydrogens is 368 g/mol. The van der Waals surface area contributed by atoms with Gasteiger partial charge in [-0.1, -0.05) is 24.3 Å². The summed E-state index contributed by atoms with van der Waals surface area (Å²) in [5.41, 5.74) is 2.72. The van der Waals surface area contributed by atoms with E-state index in [1.807, 2.05) is 12.3 Å². The Morgan fingerprint density at radius 2 is 2.04 bits per heavy atom. The van der Waals surface area contributed by atoms with Gasteiger partial charge in [0.15, 0.2) is 0 Å². The molecule has 1 fully saturated rings. The van der Waals surface area contributed by atoms with E-state index in [0.717, 1.165) is 43.1 Å². The van der Waals surface area contributed by atoms with Crippen LogP contribution in [0.3, 0.4) is 0 Å². The van der Waals surface area contributed by atoms with E-state index >= 15 is 0 Å². The molecule has 1 unspecified atom stereocenters. The SMILES string of the molecule is O=C(NC1Cc2ccccc2C1)c1ccc(C2CCCN2Cc2ncc[nH]2)s1. The summed E-state index contributed by atoms with van der Waals surface area (Å²) in [6, 6.07) is 13.2. The molecule has 1 amide bonds. The molecule has 3 heterocycles. The molecule has 2 aromatic heterocycles. The fourth-order valence-corrected chi connectivity index (χ4v) is 5.57. The van der Waals surface area contributed by atoms with Gasteiger partial charge in [-0.25, -0.2) is 4.98 Å². The van der Waals surface area contributed by atoms with E-state index in [2.05, 4.69) is 50.5 Å². The Kier molecular flexibility index (Phi) is 4.74. The number of amides is 1. The predicted molar refractivity (Wildman–Crippen MR) is 110 cm³/mol. The van der Waals surface area contributed by atoms with E-state index in [1.54, 1.807) is 17.5 Å². The van der Waals surface area contributed by atoms with Crippen LogP contribution in [0.1, 0.15) is 50.4 Å². The van der Waals surface area contributed by atoms with E-state index in [1.165, 1.54) is 22.4 Å². The Balaban J connectivity index is 1.24. The maximum Gasteiger partial charge on any atom is 0.261 e. The van der Waals surface area contributed by atoms with Gasteiger partial charge in [0.05, 0.1) is 11.4 Å². The summed E-state index contributed by atoms with van der Waals surface area (Å²) in [5, 5.41) is 3.24. The highest BCUT2D eigenvalue weighted by Crippen LogP contribution is 2.36. The number of benzene rings is 1. The Morgan fingerprint density at radius 3 is 2.79 bits per heavy atom. The van der Waals surface area contributed by atoms with Gasteiger partial charge < -0.3 is 10.3 Å². The van der Waals surface area contributed by atoms with Crippen molar-refractivity contribution in [1.29, 1.82) is 0 Å². The summed E-state index contributed by atoms with van der Waals surface area (Å²) in [6.07, 6.45) is 7.86. The third-order valence-electron chi connectivity index (χ3n) is 5.84. The number of nitrogens with one attached hydrogen (secondary N) is 2. The second kappa shape index (κ2) is 7.53. The largest absolute Gasteiger partial charge is 0.348 e. The first-order valence-electron chi connectivity index (χ1n) is 9.96. The number of hydrogen-bond donors (Lipinski definition) is 2. The number of aromatic amines is 1. The Hall–Kier alpha value is -2.44. The van der Waals surface area contributed by atoms with Crippen LogP contribution in [0.5, 0.6) is 0 Å². The molecule has 1 saturated heterocycles. The molecule has 5 nitrogen and oxygen atoms in total. The minimum Gasteiger partial charge on any atom is -0.348 e. The Morgan fingerprint density at radius 1 is 1.21 bits per heavy atom. The number of thiophene rings is 1. The Labute approximate surface area is 168 Å². The predicted octanol–water partition coefficient (Wildman–Crippen LogP) is 3.71. The summed E-state index contributed by atoms with van der Waals surface area (Å²) in [7, 11) is 0. The fourth-order valence-electron chi connectivity index (χ4n) is 4.49. The molecule has 0 bridgehead atoms. The number of fused-ring (bicyclic) bond motifs is 1. The zero-order valence-electron chi connectivity index (χ0n) is 15.7. The molecule has 0 spiro atoms. The van der Waals surface area contributed by atoms with E-state index in [4.69, 9.17) is 0 Å². The van der Waals surface area contributed by atoms with Crippen LogP contribution in [0.2, 0.25) is 0 Å². The van der Waals surface area contributed by atoms with Crippen molar-refractivity contribution < 1.29 is 4.79 Å². The lowest BCUT2D eigenvalue weighted by molar-refractivity contribution is 0.0942. The maximum absolute atomic E-state index is 12.8. The van der Waals surface area contributed by atoms with E-state index < -0.39 is 0 Å². The standard InChI is InChI=1S/C22H24N4OS/c27-22(25-17-12-15-4-1-2-5-16(15)13-17)20-8-7-19(28-20)18-6-3-11-26(18)14-21-23-9-10-24-21/h1-2,4-5,7-10,17-18H,3,6,11-14H2,(H,23,24)(H,25,27). The normalized spacial score (nSPS) is 19.8. The van der Waals surface area contributed by atoms with Gasteiger partial charge in [-0.05, 0) is 55.5 Å². The lowest BCUT2D eigenvalue weighted by Crippen LogP contribution is -2.34. The van der Waals surface area contributed by atoms with Crippen LogP contribution in [-0.2, 0) is 19.4 Å². The zero-order chi connectivity index (χ0) is 18.9. The highest BCUT2D eigenvalue weighted by molar-refractivity contribution is 7.14. The first-order chi connectivity index (χ1) is 13.8. The van der Waals surface area contributed by atoms with Crippen molar-refractivity contribution in [2.24, 2.45) is 0 Å². The molecule has 6 heteroatoms. The topological polar surface area (TPSA) is 61.0 Å². The number of carbonyl (C=O) groups excluding carboxylic acids is 1. The van der Waals surface area contributed by atoms with Crippen LogP contribution >= 0.6 is 11.3 Å². The minimum atomic E-state index is 0.0598. The second-order valence-corrected chi connectivity index (χ2v) is 8.83. The molecule has 1 aromatic carbocycles. The molecule has 1 aliphatic heterocycles. The van der Waals surface area contributed by atoms with E-state index in [9.17, 15) is 4.79 Å². The van der Waals surface area contributed by atoms with Crippen LogP contribution < -0.4 is 5.32 Å². The number of imidazole rings is 1. The zero-order valence-corrected chi connectivity index (χ0v) is 16.5. The number of hydrogen-bond acceptors (Lipinski definition) is 4. The highest BCUT2D eigenvalue weighted by atomic mass is 32.1. The van der Waals surface area contributed by atoms with Gasteiger partial charge in [0.25, 0.3) is 5.91 Å². The van der Waals surface area contributed by atoms with Crippen LogP contribution in [0.4, 0.5) is 0 Å². The first-order valence-corrected chi connectivity index (χ1v) is 10.8. The first kappa shape index (κ1) is 17.6. The summed E-state index contributed by atoms with van der Waals surface area (Å²) >= 11 is 1.64. The van der Waals surface area contributed by atoms with Crippen LogP contribution in [0.25, 0.3) is 0 Å². The van der Waals surface area contributed by atoms with Gasteiger partial charge in [-0.2, -0.15) is 0 Å². The molecule has 0 saturated carbocycles. The molecule has 3 aromatic rings. The Bertz CT molecular complexity index is 940. The summed E-state index contributed by atoms with van der Waals surface area (Å²) in [6.45, 7) is 1.91. The molecule has 0 radical (unpaired) electrons. The van der Waals surface area contributed by atoms with Gasteiger partial charge >= 0.3 is 0 Å². The smallest absolute Gasteiger partial charge is 0.261 e. The van der Waals surface area contributed by atoms with Gasteiger partial charge in [0.1, 0.15) is 5.82 Å². The number of likely N-dealkylation sites (tertiary alicyclic amines) is 1. The number of nitrogens with zero attached hydrogens (tertiary/aromatic N) is 2. The quantitative estimate of drug-likeness (QED) is 0.696. The molecular formula is C22H24N4OS. The lowest BCUT2D eigenvalue weighted by Gasteiger charge is -2.22. The molecule has 28 heavy (non-hydrogen) atoms. The summed E-state index contributed by atoms with van der Waals surface area (Å²) in [5.74, 6) is 1.06. The van der Waals surface area contributed by atoms with Crippen LogP contribution in [-0.4, -0.2) is 33.4 Å². The lowest BCUT2D eigenvalue weighted by atomic mass is 10.1. The van der Waals surface area contributed by atoms with Crippen molar-refractivity contribution in [3.05, 3.63) is 75.5 Å². The van der Waals surface area contributed by atoms with E-state index in [-0.39, 0.29) is 11.9 Å². The molecule has 144 valence electrons. The molecule has 5 rings (SSSR count). The van der Waals surface area contributed by atoms with Crippen molar-refractivity contribution in [3.8, 4) is 0 Å². The minimum absolute atomic E-state index is 0.0598. The molecule has 1 atom stereocenters. The highest BCUT2D eigenvalue weighted by Gasteiger charge is 2.29. The number of H-pyrrole nitrogens is 1. The third kappa shape index (κ3) is 3.50. The average Bonchev–Trinajstić information content (AvgIpc) is 3.48. The molecule has 2 aliphatic rings. The van der Waals surface area contributed by atoms with Gasteiger partial charge in [-0.15, -0.1) is 11.3 Å². The second-order valence-electron chi connectivity index (χ2n) is 7.71. The maximum atomic E-state index is 12.8. The van der Waals surface area contributed by atoms with Crippen molar-refractivity contribution in [1.82, 2.24) is 20.2 Å². The third-order valence-corrected chi connectivity index (χ3v) is 7.02. The van der Waals surface area contributed by atoms with Crippen LogP contribution in [0.15, 0.2) is 48.8 Å². The van der Waals surface area contributed by atoms with Crippen LogP contribution in [0, 0.1) is 0 Å². The van der Waals surface area contributed by atoms with Crippen molar-refractivity contribution in [2.45, 2.75) is 44.3 Å².